The van der Waals surface area contributed by atoms with Crippen LogP contribution in [0.1, 0.15) is 206 Å². The van der Waals surface area contributed by atoms with E-state index in [1.54, 1.807) is 0 Å². The number of unbranched alkanes of at least 4 members (excludes halogenated alkanes) is 16. The van der Waals surface area contributed by atoms with E-state index in [2.05, 4.69) is 6.92 Å². The van der Waals surface area contributed by atoms with Crippen molar-refractivity contribution >= 4 is 5.97 Å². The molecule has 0 bridgehead atoms. The predicted molar refractivity (Wildman–Crippen MR) is 209 cm³/mol. The van der Waals surface area contributed by atoms with Gasteiger partial charge in [0, 0.05) is 5.57 Å². The lowest BCUT2D eigenvalue weighted by Crippen LogP contribution is -2.33. The highest BCUT2D eigenvalue weighted by atomic mass is 16.5. The summed E-state index contributed by atoms with van der Waals surface area (Å²) in [5, 5.41) is 42.5. The first-order chi connectivity index (χ1) is 25.3. The zero-order chi connectivity index (χ0) is 37.4. The van der Waals surface area contributed by atoms with Gasteiger partial charge in [-0.3, -0.25) is 0 Å². The summed E-state index contributed by atoms with van der Waals surface area (Å²) in [4.78, 5) is 11.6. The summed E-state index contributed by atoms with van der Waals surface area (Å²) in [5.41, 5.74) is 0.876. The molecule has 52 heavy (non-hydrogen) atoms. The van der Waals surface area contributed by atoms with Crippen LogP contribution in [0.15, 0.2) is 11.6 Å². The van der Waals surface area contributed by atoms with Crippen LogP contribution in [0.25, 0.3) is 0 Å². The first kappa shape index (κ1) is 45.4. The fraction of sp³-hybridized carbons (Fsp3) is 0.932. The molecule has 2 fully saturated rings. The van der Waals surface area contributed by atoms with E-state index < -0.39 is 18.3 Å². The molecule has 9 atom stereocenters. The monoisotopic (exact) mass is 737 g/mol. The molecule has 3 heterocycles. The molecular weight excluding hydrogens is 656 g/mol. The van der Waals surface area contributed by atoms with Crippen LogP contribution >= 0.6 is 0 Å². The molecule has 0 aromatic carbocycles. The van der Waals surface area contributed by atoms with Gasteiger partial charge in [-0.15, -0.1) is 0 Å². The highest BCUT2D eigenvalue weighted by Crippen LogP contribution is 2.31. The first-order valence-corrected chi connectivity index (χ1v) is 22.2. The maximum Gasteiger partial charge on any atom is 0.334 e. The van der Waals surface area contributed by atoms with Crippen LogP contribution in [-0.2, 0) is 19.0 Å². The smallest absolute Gasteiger partial charge is 0.334 e. The maximum absolute atomic E-state index is 11.6. The van der Waals surface area contributed by atoms with E-state index in [4.69, 9.17) is 14.2 Å². The summed E-state index contributed by atoms with van der Waals surface area (Å²) >= 11 is 0. The molecule has 8 heteroatoms. The fourth-order valence-corrected chi connectivity index (χ4v) is 8.52. The Balaban J connectivity index is 1.08. The average Bonchev–Trinajstić information content (AvgIpc) is 3.89. The second-order valence-corrected chi connectivity index (χ2v) is 16.7. The Hall–Kier alpha value is -1.03. The molecule has 3 rings (SSSR count). The number of hydrogen-bond donors (Lipinski definition) is 4. The molecule has 3 aliphatic rings. The molecule has 0 spiro atoms. The minimum absolute atomic E-state index is 0.0427. The lowest BCUT2D eigenvalue weighted by Gasteiger charge is -2.24. The van der Waals surface area contributed by atoms with Gasteiger partial charge < -0.3 is 34.6 Å². The Morgan fingerprint density at radius 3 is 1.62 bits per heavy atom. The average molecular weight is 737 g/mol. The minimum Gasteiger partial charge on any atom is -0.455 e. The standard InChI is InChI=1S/C44H80O8/c1-3-4-5-19-23-36(45)24-21-26-38(46)42-31-32-43(52-42)40(48)29-28-39(47)41-30-27-37(51-41)25-20-17-15-13-11-9-7-6-8-10-12-14-16-18-22-35-33-34(2)50-44(35)49/h33-34,36-43,45-48H,3-32H2,1-2H3/t34-,36+,37-,38+,39+,40+,41+,42+,43+/m0/s1. The zero-order valence-corrected chi connectivity index (χ0v) is 33.4. The van der Waals surface area contributed by atoms with Crippen molar-refractivity contribution in [1.82, 2.24) is 0 Å². The van der Waals surface area contributed by atoms with Crippen LogP contribution in [0.5, 0.6) is 0 Å². The molecule has 304 valence electrons. The summed E-state index contributed by atoms with van der Waals surface area (Å²) in [5.74, 6) is -0.112. The first-order valence-electron chi connectivity index (χ1n) is 22.2. The second kappa shape index (κ2) is 27.5. The summed E-state index contributed by atoms with van der Waals surface area (Å²) in [7, 11) is 0. The van der Waals surface area contributed by atoms with Gasteiger partial charge >= 0.3 is 5.97 Å². The van der Waals surface area contributed by atoms with Crippen LogP contribution in [0.3, 0.4) is 0 Å². The number of cyclic esters (lactones) is 1. The number of carbonyl (C=O) groups is 1. The summed E-state index contributed by atoms with van der Waals surface area (Å²) in [6.45, 7) is 4.11. The van der Waals surface area contributed by atoms with E-state index in [9.17, 15) is 25.2 Å². The van der Waals surface area contributed by atoms with Gasteiger partial charge in [0.15, 0.2) is 0 Å². The minimum atomic E-state index is -0.644. The van der Waals surface area contributed by atoms with E-state index in [1.165, 1.54) is 103 Å². The highest BCUT2D eigenvalue weighted by Gasteiger charge is 2.36. The van der Waals surface area contributed by atoms with E-state index in [1.807, 2.05) is 13.0 Å². The van der Waals surface area contributed by atoms with Crippen molar-refractivity contribution in [2.75, 3.05) is 0 Å². The Bertz CT molecular complexity index is 941. The SMILES string of the molecule is CCCCCC[C@@H](O)CCC[C@@H](O)[C@H]1CC[C@H]([C@H](O)CC[C@@H](O)[C@H]2CC[C@H](CCCCCCCCCCCCCCCCC3=C[C@H](C)OC3=O)O2)O1. The topological polar surface area (TPSA) is 126 Å². The van der Waals surface area contributed by atoms with Gasteiger partial charge in [0.05, 0.1) is 48.8 Å². The number of rotatable bonds is 32. The molecule has 0 aromatic heterocycles. The molecule has 0 unspecified atom stereocenters. The van der Waals surface area contributed by atoms with E-state index >= 15 is 0 Å². The molecule has 0 radical (unpaired) electrons. The fourth-order valence-electron chi connectivity index (χ4n) is 8.52. The van der Waals surface area contributed by atoms with Crippen molar-refractivity contribution in [3.8, 4) is 0 Å². The third kappa shape index (κ3) is 19.0. The van der Waals surface area contributed by atoms with Crippen LogP contribution < -0.4 is 0 Å². The number of aliphatic hydroxyl groups is 4. The Labute approximate surface area is 317 Å². The molecule has 0 aliphatic carbocycles. The molecule has 2 saturated heterocycles. The van der Waals surface area contributed by atoms with Gasteiger partial charge in [0.2, 0.25) is 0 Å². The van der Waals surface area contributed by atoms with Crippen molar-refractivity contribution in [2.45, 2.75) is 261 Å². The number of carbonyl (C=O) groups excluding carboxylic acids is 1. The van der Waals surface area contributed by atoms with Gasteiger partial charge in [0.1, 0.15) is 6.10 Å². The lowest BCUT2D eigenvalue weighted by molar-refractivity contribution is -0.139. The van der Waals surface area contributed by atoms with Crippen LogP contribution in [0, 0.1) is 0 Å². The predicted octanol–water partition coefficient (Wildman–Crippen LogP) is 9.56. The van der Waals surface area contributed by atoms with Crippen molar-refractivity contribution in [3.05, 3.63) is 11.6 Å². The highest BCUT2D eigenvalue weighted by molar-refractivity contribution is 5.90. The third-order valence-corrected chi connectivity index (χ3v) is 11.9. The van der Waals surface area contributed by atoms with E-state index in [0.717, 1.165) is 76.2 Å². The molecule has 0 saturated carbocycles. The molecule has 4 N–H and O–H groups in total. The normalized spacial score (nSPS) is 25.7. The van der Waals surface area contributed by atoms with Crippen LogP contribution in [-0.4, -0.2) is 81.3 Å². The number of aliphatic hydroxyl groups excluding tert-OH is 4. The zero-order valence-electron chi connectivity index (χ0n) is 33.4. The molecule has 8 nitrogen and oxygen atoms in total. The molecule has 0 amide bonds. The Morgan fingerprint density at radius 1 is 0.577 bits per heavy atom. The lowest BCUT2D eigenvalue weighted by atomic mass is 9.98. The largest absolute Gasteiger partial charge is 0.455 e. The van der Waals surface area contributed by atoms with E-state index in [0.29, 0.717) is 19.3 Å². The van der Waals surface area contributed by atoms with Crippen molar-refractivity contribution in [2.24, 2.45) is 0 Å². The number of ether oxygens (including phenoxy) is 3. The van der Waals surface area contributed by atoms with Gasteiger partial charge in [0.25, 0.3) is 0 Å². The summed E-state index contributed by atoms with van der Waals surface area (Å²) < 4.78 is 17.5. The quantitative estimate of drug-likeness (QED) is 0.0398. The molecule has 0 aromatic rings. The van der Waals surface area contributed by atoms with Gasteiger partial charge in [-0.25, -0.2) is 4.79 Å². The Kier molecular flexibility index (Phi) is 24.0. The summed E-state index contributed by atoms with van der Waals surface area (Å²) in [6, 6.07) is 0. The van der Waals surface area contributed by atoms with Gasteiger partial charge in [-0.05, 0) is 96.5 Å². The van der Waals surface area contributed by atoms with Gasteiger partial charge in [-0.1, -0.05) is 116 Å². The van der Waals surface area contributed by atoms with Crippen molar-refractivity contribution in [1.29, 1.82) is 0 Å². The van der Waals surface area contributed by atoms with Crippen molar-refractivity contribution < 1.29 is 39.4 Å². The maximum atomic E-state index is 11.6. The number of hydrogen-bond acceptors (Lipinski definition) is 8. The van der Waals surface area contributed by atoms with Crippen LogP contribution in [0.2, 0.25) is 0 Å². The third-order valence-electron chi connectivity index (χ3n) is 11.9. The van der Waals surface area contributed by atoms with Crippen molar-refractivity contribution in [3.63, 3.8) is 0 Å². The van der Waals surface area contributed by atoms with E-state index in [-0.39, 0.29) is 42.6 Å². The van der Waals surface area contributed by atoms with Gasteiger partial charge in [-0.2, -0.15) is 0 Å². The number of esters is 1. The second-order valence-electron chi connectivity index (χ2n) is 16.7. The summed E-state index contributed by atoms with van der Waals surface area (Å²) in [6.07, 6.45) is 31.4. The molecular formula is C44H80O8. The Morgan fingerprint density at radius 2 is 1.06 bits per heavy atom. The molecule has 3 aliphatic heterocycles. The van der Waals surface area contributed by atoms with Crippen LogP contribution in [0.4, 0.5) is 0 Å².